The van der Waals surface area contributed by atoms with Crippen LogP contribution >= 0.6 is 30.5 Å². The van der Waals surface area contributed by atoms with E-state index in [1.165, 1.54) is 0 Å². The monoisotopic (exact) mass is 512 g/mol. The van der Waals surface area contributed by atoms with Gasteiger partial charge in [0.15, 0.2) is 7.29 Å². The molecule has 176 valence electrons. The number of hydrogen-bond donors (Lipinski definition) is 0. The van der Waals surface area contributed by atoms with E-state index >= 15 is 0 Å². The number of anilines is 1. The largest absolute Gasteiger partial charge is 0.495 e. The summed E-state index contributed by atoms with van der Waals surface area (Å²) >= 11 is 13.3. The molecule has 1 heterocycles. The fourth-order valence-electron chi connectivity index (χ4n) is 4.01. The lowest BCUT2D eigenvalue weighted by atomic mass is 10.2. The Bertz CT molecular complexity index is 1150. The van der Waals surface area contributed by atoms with Crippen LogP contribution in [0, 0.1) is 0 Å². The van der Waals surface area contributed by atoms with Crippen molar-refractivity contribution < 1.29 is 9.30 Å². The molecular weight excluding hydrogens is 486 g/mol. The second kappa shape index (κ2) is 11.3. The first-order valence-corrected chi connectivity index (χ1v) is 13.7. The summed E-state index contributed by atoms with van der Waals surface area (Å²) in [6, 6.07) is 27.1. The summed E-state index contributed by atoms with van der Waals surface area (Å²) in [7, 11) is -1.51. The molecule has 3 aromatic rings. The number of nitrogens with zero attached hydrogens (tertiary/aromatic N) is 2. The fourth-order valence-corrected chi connectivity index (χ4v) is 7.25. The Labute approximate surface area is 211 Å². The van der Waals surface area contributed by atoms with Gasteiger partial charge in [-0.15, -0.1) is 0 Å². The predicted octanol–water partition coefficient (Wildman–Crippen LogP) is 7.57. The molecule has 0 saturated carbocycles. The van der Waals surface area contributed by atoms with Gasteiger partial charge in [0.2, 0.25) is 0 Å². The molecule has 0 spiro atoms. The van der Waals surface area contributed by atoms with Crippen LogP contribution in [0.15, 0.2) is 96.6 Å². The molecule has 0 bridgehead atoms. The quantitative estimate of drug-likeness (QED) is 0.305. The minimum Gasteiger partial charge on any atom is -0.495 e. The van der Waals surface area contributed by atoms with Crippen molar-refractivity contribution in [1.82, 2.24) is 4.67 Å². The number of ether oxygens (including phenoxy) is 1. The minimum absolute atomic E-state index is 0.449. The van der Waals surface area contributed by atoms with E-state index in [-0.39, 0.29) is 0 Å². The topological polar surface area (TPSA) is 32.8 Å². The molecule has 0 aromatic heterocycles. The molecule has 34 heavy (non-hydrogen) atoms. The van der Waals surface area contributed by atoms with Crippen LogP contribution < -0.4 is 9.64 Å². The highest BCUT2D eigenvalue weighted by molar-refractivity contribution is 7.68. The first kappa shape index (κ1) is 24.6. The van der Waals surface area contributed by atoms with Crippen molar-refractivity contribution in [2.75, 3.05) is 38.2 Å². The summed E-state index contributed by atoms with van der Waals surface area (Å²) in [5.41, 5.74) is 2.68. The Balaban J connectivity index is 1.64. The summed E-state index contributed by atoms with van der Waals surface area (Å²) in [6.07, 6.45) is 0. The van der Waals surface area contributed by atoms with Gasteiger partial charge in [-0.05, 0) is 23.3 Å². The maximum Gasteiger partial charge on any atom is 0.196 e. The normalized spacial score (nSPS) is 17.3. The standard InChI is InChI=1S/C27H27Cl2N2O2P/c1-33-27-15-9-8-14-26(27)30-16-18-31(19-17-30)34(32,20-24(28)22-10-4-2-5-11-22)21-25(29)23-12-6-3-7-13-23/h2-15,20-21H,16-19H2,1H3/b24-20+,25-21?. The number of rotatable bonds is 7. The van der Waals surface area contributed by atoms with E-state index in [9.17, 15) is 4.57 Å². The van der Waals surface area contributed by atoms with Crippen molar-refractivity contribution in [3.05, 3.63) is 108 Å². The van der Waals surface area contributed by atoms with Gasteiger partial charge in [0.25, 0.3) is 0 Å². The molecule has 1 aliphatic heterocycles. The van der Waals surface area contributed by atoms with Crippen LogP contribution in [-0.4, -0.2) is 38.0 Å². The fraction of sp³-hybridized carbons (Fsp3) is 0.185. The predicted molar refractivity (Wildman–Crippen MR) is 145 cm³/mol. The van der Waals surface area contributed by atoms with Crippen molar-refractivity contribution in [3.63, 3.8) is 0 Å². The minimum atomic E-state index is -3.19. The number of benzene rings is 3. The summed E-state index contributed by atoms with van der Waals surface area (Å²) < 4.78 is 22.0. The third-order valence-corrected chi connectivity index (χ3v) is 9.32. The second-order valence-electron chi connectivity index (χ2n) is 7.97. The first-order valence-electron chi connectivity index (χ1n) is 11.1. The van der Waals surface area contributed by atoms with Crippen molar-refractivity contribution in [1.29, 1.82) is 0 Å². The molecule has 4 rings (SSSR count). The van der Waals surface area contributed by atoms with Crippen LogP contribution in [0.3, 0.4) is 0 Å². The third kappa shape index (κ3) is 5.76. The average Bonchev–Trinajstić information content (AvgIpc) is 2.89. The van der Waals surface area contributed by atoms with Crippen molar-refractivity contribution in [2.24, 2.45) is 0 Å². The molecule has 1 aliphatic rings. The first-order chi connectivity index (χ1) is 16.5. The Morgan fingerprint density at radius 1 is 0.765 bits per heavy atom. The van der Waals surface area contributed by atoms with E-state index in [1.807, 2.05) is 89.6 Å². The van der Waals surface area contributed by atoms with E-state index in [4.69, 9.17) is 27.9 Å². The zero-order chi connectivity index (χ0) is 24.0. The highest BCUT2D eigenvalue weighted by Crippen LogP contribution is 2.57. The molecule has 0 N–H and O–H groups in total. The maximum absolute atomic E-state index is 14.5. The van der Waals surface area contributed by atoms with Gasteiger partial charge in [0.1, 0.15) is 5.75 Å². The summed E-state index contributed by atoms with van der Waals surface area (Å²) in [4.78, 5) is 2.25. The van der Waals surface area contributed by atoms with Crippen LogP contribution in [0.1, 0.15) is 11.1 Å². The van der Waals surface area contributed by atoms with Gasteiger partial charge in [0.05, 0.1) is 22.9 Å². The molecule has 7 heteroatoms. The van der Waals surface area contributed by atoms with Crippen molar-refractivity contribution in [3.8, 4) is 5.75 Å². The Hall–Kier alpha value is -2.49. The lowest BCUT2D eigenvalue weighted by molar-refractivity contribution is 0.384. The molecule has 1 saturated heterocycles. The third-order valence-electron chi connectivity index (χ3n) is 5.82. The van der Waals surface area contributed by atoms with E-state index in [0.29, 0.717) is 36.2 Å². The smallest absolute Gasteiger partial charge is 0.196 e. The van der Waals surface area contributed by atoms with Crippen LogP contribution in [-0.2, 0) is 4.57 Å². The van der Waals surface area contributed by atoms with Gasteiger partial charge >= 0.3 is 0 Å². The van der Waals surface area contributed by atoms with E-state index < -0.39 is 7.29 Å². The molecule has 3 aromatic carbocycles. The number of piperazine rings is 1. The maximum atomic E-state index is 14.5. The number of hydrogen-bond acceptors (Lipinski definition) is 3. The average molecular weight is 513 g/mol. The highest BCUT2D eigenvalue weighted by Gasteiger charge is 2.31. The molecule has 1 atom stereocenters. The molecule has 0 radical (unpaired) electrons. The molecule has 4 nitrogen and oxygen atoms in total. The molecule has 1 unspecified atom stereocenters. The van der Waals surface area contributed by atoms with Crippen LogP contribution in [0.25, 0.3) is 10.1 Å². The van der Waals surface area contributed by atoms with E-state index in [2.05, 4.69) is 4.90 Å². The number of para-hydroxylation sites is 2. The SMILES string of the molecule is COc1ccccc1N1CCN(P(=O)(C=C(Cl)c2ccccc2)/C=C(/Cl)c2ccccc2)CC1. The Kier molecular flexibility index (Phi) is 8.18. The van der Waals surface area contributed by atoms with Crippen molar-refractivity contribution >= 4 is 46.2 Å². The highest BCUT2D eigenvalue weighted by atomic mass is 35.5. The van der Waals surface area contributed by atoms with E-state index in [1.54, 1.807) is 18.7 Å². The van der Waals surface area contributed by atoms with E-state index in [0.717, 1.165) is 22.6 Å². The Morgan fingerprint density at radius 2 is 1.24 bits per heavy atom. The van der Waals surface area contributed by atoms with Gasteiger partial charge in [0, 0.05) is 37.8 Å². The summed E-state index contributed by atoms with van der Waals surface area (Å²) in [6.45, 7) is 2.61. The zero-order valence-electron chi connectivity index (χ0n) is 19.0. The molecular formula is C27H27Cl2N2O2P. The zero-order valence-corrected chi connectivity index (χ0v) is 21.4. The van der Waals surface area contributed by atoms with Crippen molar-refractivity contribution in [2.45, 2.75) is 0 Å². The molecule has 0 amide bonds. The number of halogens is 2. The van der Waals surface area contributed by atoms with Gasteiger partial charge in [-0.1, -0.05) is 96.0 Å². The van der Waals surface area contributed by atoms with Gasteiger partial charge in [-0.2, -0.15) is 0 Å². The van der Waals surface area contributed by atoms with Gasteiger partial charge in [-0.25, -0.2) is 4.67 Å². The van der Waals surface area contributed by atoms with Gasteiger partial charge in [-0.3, -0.25) is 4.57 Å². The Morgan fingerprint density at radius 3 is 1.74 bits per heavy atom. The van der Waals surface area contributed by atoms with Crippen LogP contribution in [0.2, 0.25) is 0 Å². The lowest BCUT2D eigenvalue weighted by Crippen LogP contribution is -2.44. The molecule has 1 fully saturated rings. The molecule has 0 aliphatic carbocycles. The number of methoxy groups -OCH3 is 1. The van der Waals surface area contributed by atoms with Crippen LogP contribution in [0.5, 0.6) is 5.75 Å². The second-order valence-corrected chi connectivity index (χ2v) is 11.2. The van der Waals surface area contributed by atoms with Gasteiger partial charge < -0.3 is 9.64 Å². The lowest BCUT2D eigenvalue weighted by Gasteiger charge is -2.38. The van der Waals surface area contributed by atoms with Crippen LogP contribution in [0.4, 0.5) is 5.69 Å². The summed E-state index contributed by atoms with van der Waals surface area (Å²) in [5, 5.41) is 0.898. The summed E-state index contributed by atoms with van der Waals surface area (Å²) in [5.74, 6) is 4.18.